The zero-order chi connectivity index (χ0) is 13.3. The van der Waals surface area contributed by atoms with Gasteiger partial charge < -0.3 is 10.0 Å². The van der Waals surface area contributed by atoms with Crippen molar-refractivity contribution in [1.82, 2.24) is 4.90 Å². The van der Waals surface area contributed by atoms with Crippen LogP contribution in [0.3, 0.4) is 0 Å². The zero-order valence-electron chi connectivity index (χ0n) is 10.1. The first-order valence-electron chi connectivity index (χ1n) is 5.84. The molecular weight excluding hydrogens is 382 g/mol. The molecule has 1 fully saturated rings. The molecule has 18 heavy (non-hydrogen) atoms. The van der Waals surface area contributed by atoms with E-state index in [-0.39, 0.29) is 5.91 Å². The minimum Gasteiger partial charge on any atom is -0.388 e. The number of carbonyl (C=O) groups excluding carboxylic acids is 1. The van der Waals surface area contributed by atoms with E-state index in [2.05, 4.69) is 31.9 Å². The summed E-state index contributed by atoms with van der Waals surface area (Å²) in [7, 11) is 1.75. The molecule has 6 heteroatoms. The summed E-state index contributed by atoms with van der Waals surface area (Å²) in [4.78, 5) is 13.9. The Morgan fingerprint density at radius 1 is 1.50 bits per heavy atom. The highest BCUT2D eigenvalue weighted by Crippen LogP contribution is 2.34. The summed E-state index contributed by atoms with van der Waals surface area (Å²) in [6.45, 7) is 0.408. The number of likely N-dealkylation sites (N-methyl/N-ethyl adjacent to an activating group) is 1. The van der Waals surface area contributed by atoms with Crippen LogP contribution in [0, 0.1) is 0 Å². The molecule has 0 atom stereocenters. The second kappa shape index (κ2) is 5.61. The van der Waals surface area contributed by atoms with Gasteiger partial charge in [0.15, 0.2) is 0 Å². The van der Waals surface area contributed by atoms with Crippen LogP contribution in [-0.2, 0) is 0 Å². The quantitative estimate of drug-likeness (QED) is 0.846. The van der Waals surface area contributed by atoms with Crippen LogP contribution in [0.15, 0.2) is 13.6 Å². The van der Waals surface area contributed by atoms with Crippen LogP contribution in [0.4, 0.5) is 0 Å². The Morgan fingerprint density at radius 3 is 2.61 bits per heavy atom. The smallest absolute Gasteiger partial charge is 0.255 e. The lowest BCUT2D eigenvalue weighted by Crippen LogP contribution is -2.42. The van der Waals surface area contributed by atoms with E-state index < -0.39 is 5.60 Å². The van der Waals surface area contributed by atoms with E-state index in [4.69, 9.17) is 0 Å². The molecule has 0 aliphatic heterocycles. The number of rotatable bonds is 3. The van der Waals surface area contributed by atoms with Crippen LogP contribution in [0.25, 0.3) is 0 Å². The molecular formula is C12H15Br2NO2S. The van der Waals surface area contributed by atoms with E-state index in [1.165, 1.54) is 11.3 Å². The highest BCUT2D eigenvalue weighted by Gasteiger charge is 2.34. The van der Waals surface area contributed by atoms with Crippen molar-refractivity contribution in [3.63, 3.8) is 0 Å². The summed E-state index contributed by atoms with van der Waals surface area (Å²) in [5, 5.41) is 10.3. The molecule has 1 aromatic heterocycles. The minimum atomic E-state index is -0.690. The lowest BCUT2D eigenvalue weighted by atomic mass is 10.0. The van der Waals surface area contributed by atoms with Crippen LogP contribution in [-0.4, -0.2) is 35.1 Å². The number of amides is 1. The van der Waals surface area contributed by atoms with Gasteiger partial charge in [-0.15, -0.1) is 11.3 Å². The third kappa shape index (κ3) is 3.15. The van der Waals surface area contributed by atoms with Gasteiger partial charge in [0.25, 0.3) is 5.91 Å². The first-order valence-corrected chi connectivity index (χ1v) is 8.24. The Bertz CT molecular complexity index is 455. The molecule has 1 N–H and O–H groups in total. The standard InChI is InChI=1S/C12H15Br2NO2S/c1-15(7-12(17)4-2-3-5-12)11(16)8-6-9(13)18-10(8)14/h6,17H,2-5,7H2,1H3. The first-order chi connectivity index (χ1) is 8.41. The van der Waals surface area contributed by atoms with E-state index in [0.29, 0.717) is 12.1 Å². The molecule has 3 nitrogen and oxygen atoms in total. The lowest BCUT2D eigenvalue weighted by molar-refractivity contribution is 0.0156. The van der Waals surface area contributed by atoms with E-state index >= 15 is 0 Å². The van der Waals surface area contributed by atoms with E-state index in [9.17, 15) is 9.90 Å². The van der Waals surface area contributed by atoms with Crippen molar-refractivity contribution in [1.29, 1.82) is 0 Å². The summed E-state index contributed by atoms with van der Waals surface area (Å²) in [5.74, 6) is -0.0517. The molecule has 1 saturated carbocycles. The second-order valence-electron chi connectivity index (χ2n) is 4.83. The fourth-order valence-electron chi connectivity index (χ4n) is 2.40. The predicted molar refractivity (Wildman–Crippen MR) is 80.1 cm³/mol. The molecule has 1 aliphatic rings. The van der Waals surface area contributed by atoms with Gasteiger partial charge in [-0.1, -0.05) is 12.8 Å². The first kappa shape index (κ1) is 14.5. The van der Waals surface area contributed by atoms with Gasteiger partial charge in [0, 0.05) is 13.6 Å². The highest BCUT2D eigenvalue weighted by molar-refractivity contribution is 9.12. The Hall–Kier alpha value is 0.0900. The van der Waals surface area contributed by atoms with Gasteiger partial charge in [0.1, 0.15) is 0 Å². The number of aliphatic hydroxyl groups is 1. The summed E-state index contributed by atoms with van der Waals surface area (Å²) in [6, 6.07) is 1.81. The van der Waals surface area contributed by atoms with E-state index in [1.54, 1.807) is 11.9 Å². The second-order valence-corrected chi connectivity index (χ2v) is 8.58. The number of halogens is 2. The van der Waals surface area contributed by atoms with Gasteiger partial charge >= 0.3 is 0 Å². The molecule has 0 saturated heterocycles. The molecule has 2 rings (SSSR count). The Labute approximate surface area is 127 Å². The third-order valence-electron chi connectivity index (χ3n) is 3.30. The Morgan fingerprint density at radius 2 is 2.11 bits per heavy atom. The van der Waals surface area contributed by atoms with Gasteiger partial charge in [-0.2, -0.15) is 0 Å². The zero-order valence-corrected chi connectivity index (χ0v) is 14.1. The summed E-state index contributed by atoms with van der Waals surface area (Å²) < 4.78 is 1.75. The maximum Gasteiger partial charge on any atom is 0.255 e. The largest absolute Gasteiger partial charge is 0.388 e. The van der Waals surface area contributed by atoms with Gasteiger partial charge in [-0.3, -0.25) is 4.79 Å². The average Bonchev–Trinajstić information content (AvgIpc) is 2.84. The number of carbonyl (C=O) groups is 1. The van der Waals surface area contributed by atoms with Crippen molar-refractivity contribution < 1.29 is 9.90 Å². The molecule has 0 radical (unpaired) electrons. The fraction of sp³-hybridized carbons (Fsp3) is 0.583. The maximum atomic E-state index is 12.3. The van der Waals surface area contributed by atoms with Crippen LogP contribution >= 0.6 is 43.2 Å². The predicted octanol–water partition coefficient (Wildman–Crippen LogP) is 3.65. The summed E-state index contributed by atoms with van der Waals surface area (Å²) in [5.41, 5.74) is -0.0413. The van der Waals surface area contributed by atoms with Gasteiger partial charge in [-0.25, -0.2) is 0 Å². The normalized spacial score (nSPS) is 18.0. The molecule has 0 unspecified atom stereocenters. The van der Waals surface area contributed by atoms with Crippen LogP contribution in [0.1, 0.15) is 36.0 Å². The van der Waals surface area contributed by atoms with Crippen molar-refractivity contribution in [2.75, 3.05) is 13.6 Å². The minimum absolute atomic E-state index is 0.0517. The maximum absolute atomic E-state index is 12.3. The molecule has 1 aromatic rings. The van der Waals surface area contributed by atoms with Crippen molar-refractivity contribution >= 4 is 49.1 Å². The Kier molecular flexibility index (Phi) is 4.52. The molecule has 1 aliphatic carbocycles. The third-order valence-corrected chi connectivity index (χ3v) is 5.64. The van der Waals surface area contributed by atoms with E-state index in [1.807, 2.05) is 6.07 Å². The SMILES string of the molecule is CN(CC1(O)CCCC1)C(=O)c1cc(Br)sc1Br. The Balaban J connectivity index is 2.07. The van der Waals surface area contributed by atoms with Crippen LogP contribution < -0.4 is 0 Å². The molecule has 0 bridgehead atoms. The monoisotopic (exact) mass is 395 g/mol. The molecule has 1 heterocycles. The molecule has 1 amide bonds. The van der Waals surface area contributed by atoms with Crippen molar-refractivity contribution in [2.24, 2.45) is 0 Å². The number of hydrogen-bond donors (Lipinski definition) is 1. The number of nitrogens with zero attached hydrogens (tertiary/aromatic N) is 1. The van der Waals surface area contributed by atoms with Crippen molar-refractivity contribution in [2.45, 2.75) is 31.3 Å². The number of thiophene rings is 1. The number of hydrogen-bond acceptors (Lipinski definition) is 3. The van der Waals surface area contributed by atoms with Crippen LogP contribution in [0.2, 0.25) is 0 Å². The summed E-state index contributed by atoms with van der Waals surface area (Å²) >= 11 is 8.24. The van der Waals surface area contributed by atoms with Crippen molar-refractivity contribution in [3.8, 4) is 0 Å². The topological polar surface area (TPSA) is 40.5 Å². The molecule has 0 spiro atoms. The molecule has 100 valence electrons. The van der Waals surface area contributed by atoms with E-state index in [0.717, 1.165) is 33.3 Å². The molecule has 0 aromatic carbocycles. The summed E-state index contributed by atoms with van der Waals surface area (Å²) in [6.07, 6.45) is 3.68. The fourth-order valence-corrected chi connectivity index (χ4v) is 5.17. The lowest BCUT2D eigenvalue weighted by Gasteiger charge is -2.28. The van der Waals surface area contributed by atoms with Gasteiger partial charge in [0.2, 0.25) is 0 Å². The van der Waals surface area contributed by atoms with Crippen molar-refractivity contribution in [3.05, 3.63) is 19.2 Å². The van der Waals surface area contributed by atoms with Gasteiger partial charge in [0.05, 0.1) is 18.7 Å². The van der Waals surface area contributed by atoms with Gasteiger partial charge in [-0.05, 0) is 50.8 Å². The average molecular weight is 397 g/mol. The highest BCUT2D eigenvalue weighted by atomic mass is 79.9. The van der Waals surface area contributed by atoms with Crippen LogP contribution in [0.5, 0.6) is 0 Å².